The van der Waals surface area contributed by atoms with Crippen LogP contribution >= 0.6 is 12.2 Å². The number of H-pyrrole nitrogens is 1. The molecule has 1 aromatic carbocycles. The first-order valence-corrected chi connectivity index (χ1v) is 8.92. The standard InChI is InChI=1S/C18H23N3O2S/c1-12(2)11-15-5-3-4-10-21(15)17(22)14-8-6-13(7-9-14)16-19-20-18(24)23-16/h6-9,12,15H,3-5,10-11H2,1-2H3,(H,20,24)/t15-/m1/s1. The van der Waals surface area contributed by atoms with E-state index in [1.165, 1.54) is 6.42 Å². The van der Waals surface area contributed by atoms with Gasteiger partial charge < -0.3 is 9.32 Å². The van der Waals surface area contributed by atoms with Gasteiger partial charge in [-0.1, -0.05) is 13.8 Å². The Morgan fingerprint density at radius 1 is 1.38 bits per heavy atom. The number of aromatic amines is 1. The number of carbonyl (C=O) groups is 1. The molecular formula is C18H23N3O2S. The summed E-state index contributed by atoms with van der Waals surface area (Å²) in [6.07, 6.45) is 4.48. The number of carbonyl (C=O) groups excluding carboxylic acids is 1. The lowest BCUT2D eigenvalue weighted by Gasteiger charge is -2.37. The van der Waals surface area contributed by atoms with E-state index < -0.39 is 0 Å². The smallest absolute Gasteiger partial charge is 0.284 e. The molecule has 128 valence electrons. The summed E-state index contributed by atoms with van der Waals surface area (Å²) >= 11 is 4.89. The fourth-order valence-corrected chi connectivity index (χ4v) is 3.46. The summed E-state index contributed by atoms with van der Waals surface area (Å²) in [4.78, 5) is 15.2. The molecule has 3 rings (SSSR count). The van der Waals surface area contributed by atoms with Crippen molar-refractivity contribution in [2.45, 2.75) is 45.6 Å². The molecule has 0 spiro atoms. The second-order valence-electron chi connectivity index (χ2n) is 6.77. The van der Waals surface area contributed by atoms with Gasteiger partial charge in [0.05, 0.1) is 0 Å². The normalized spacial score (nSPS) is 18.1. The number of hydrogen-bond donors (Lipinski definition) is 1. The number of piperidine rings is 1. The van der Waals surface area contributed by atoms with Crippen LogP contribution in [0.1, 0.15) is 49.9 Å². The number of benzene rings is 1. The van der Waals surface area contributed by atoms with Crippen LogP contribution in [0.25, 0.3) is 11.5 Å². The van der Waals surface area contributed by atoms with E-state index in [1.807, 2.05) is 24.3 Å². The average Bonchev–Trinajstić information content (AvgIpc) is 3.01. The third-order valence-electron chi connectivity index (χ3n) is 4.45. The third-order valence-corrected chi connectivity index (χ3v) is 4.62. The SMILES string of the molecule is CC(C)C[C@H]1CCCCN1C(=O)c1ccc(-c2n[nH]c(=S)o2)cc1. The van der Waals surface area contributed by atoms with Gasteiger partial charge in [-0.05, 0) is 68.1 Å². The van der Waals surface area contributed by atoms with Gasteiger partial charge in [0.1, 0.15) is 0 Å². The molecule has 1 aliphatic heterocycles. The monoisotopic (exact) mass is 345 g/mol. The maximum atomic E-state index is 12.9. The Morgan fingerprint density at radius 2 is 2.12 bits per heavy atom. The van der Waals surface area contributed by atoms with Gasteiger partial charge in [0.25, 0.3) is 10.7 Å². The summed E-state index contributed by atoms with van der Waals surface area (Å²) in [5, 5.41) is 6.61. The first kappa shape index (κ1) is 16.9. The summed E-state index contributed by atoms with van der Waals surface area (Å²) in [7, 11) is 0. The van der Waals surface area contributed by atoms with Crippen molar-refractivity contribution in [3.8, 4) is 11.5 Å². The Bertz CT molecular complexity index is 748. The first-order valence-electron chi connectivity index (χ1n) is 8.51. The highest BCUT2D eigenvalue weighted by Gasteiger charge is 2.27. The molecule has 1 fully saturated rings. The van der Waals surface area contributed by atoms with Crippen LogP contribution in [0.3, 0.4) is 0 Å². The van der Waals surface area contributed by atoms with Crippen LogP contribution in [0.15, 0.2) is 28.7 Å². The Morgan fingerprint density at radius 3 is 2.75 bits per heavy atom. The maximum absolute atomic E-state index is 12.9. The quantitative estimate of drug-likeness (QED) is 0.832. The van der Waals surface area contributed by atoms with E-state index >= 15 is 0 Å². The predicted molar refractivity (Wildman–Crippen MR) is 95.3 cm³/mol. The van der Waals surface area contributed by atoms with Crippen LogP contribution in [0.4, 0.5) is 0 Å². The highest BCUT2D eigenvalue weighted by atomic mass is 32.1. The summed E-state index contributed by atoms with van der Waals surface area (Å²) in [6, 6.07) is 7.74. The zero-order chi connectivity index (χ0) is 17.1. The molecule has 0 saturated carbocycles. The lowest BCUT2D eigenvalue weighted by Crippen LogP contribution is -2.44. The van der Waals surface area contributed by atoms with E-state index in [2.05, 4.69) is 28.9 Å². The lowest BCUT2D eigenvalue weighted by atomic mass is 9.93. The van der Waals surface area contributed by atoms with Crippen molar-refractivity contribution in [3.63, 3.8) is 0 Å². The van der Waals surface area contributed by atoms with Gasteiger partial charge >= 0.3 is 0 Å². The molecule has 1 aliphatic rings. The average molecular weight is 345 g/mol. The van der Waals surface area contributed by atoms with E-state index in [0.29, 0.717) is 23.4 Å². The fraction of sp³-hybridized carbons (Fsp3) is 0.500. The molecule has 0 unspecified atom stereocenters. The summed E-state index contributed by atoms with van der Waals surface area (Å²) in [5.41, 5.74) is 1.51. The largest absolute Gasteiger partial charge is 0.409 e. The van der Waals surface area contributed by atoms with Gasteiger partial charge in [-0.15, -0.1) is 5.10 Å². The Hall–Kier alpha value is -1.95. The predicted octanol–water partition coefficient (Wildman–Crippen LogP) is 4.44. The van der Waals surface area contributed by atoms with E-state index in [4.69, 9.17) is 16.6 Å². The highest BCUT2D eigenvalue weighted by molar-refractivity contribution is 7.71. The topological polar surface area (TPSA) is 62.1 Å². The van der Waals surface area contributed by atoms with E-state index in [-0.39, 0.29) is 10.7 Å². The van der Waals surface area contributed by atoms with Crippen LogP contribution in [-0.2, 0) is 0 Å². The van der Waals surface area contributed by atoms with Crippen molar-refractivity contribution in [2.24, 2.45) is 5.92 Å². The Labute approximate surface area is 147 Å². The number of amides is 1. The van der Waals surface area contributed by atoms with Gasteiger partial charge in [0, 0.05) is 23.7 Å². The van der Waals surface area contributed by atoms with Crippen LogP contribution in [0, 0.1) is 10.8 Å². The van der Waals surface area contributed by atoms with Crippen molar-refractivity contribution in [2.75, 3.05) is 6.54 Å². The summed E-state index contributed by atoms with van der Waals surface area (Å²) in [6.45, 7) is 5.28. The van der Waals surface area contributed by atoms with Gasteiger partial charge in [-0.2, -0.15) is 0 Å². The molecule has 0 bridgehead atoms. The molecule has 1 saturated heterocycles. The Balaban J connectivity index is 1.77. The minimum atomic E-state index is 0.120. The minimum absolute atomic E-state index is 0.120. The number of hydrogen-bond acceptors (Lipinski definition) is 4. The lowest BCUT2D eigenvalue weighted by molar-refractivity contribution is 0.0584. The third kappa shape index (κ3) is 3.75. The molecule has 1 aromatic heterocycles. The first-order chi connectivity index (χ1) is 11.5. The van der Waals surface area contributed by atoms with Gasteiger partial charge in [-0.3, -0.25) is 4.79 Å². The van der Waals surface area contributed by atoms with Gasteiger partial charge in [0.15, 0.2) is 0 Å². The van der Waals surface area contributed by atoms with Gasteiger partial charge in [-0.25, -0.2) is 5.10 Å². The molecule has 2 aromatic rings. The maximum Gasteiger partial charge on any atom is 0.284 e. The van der Waals surface area contributed by atoms with Crippen molar-refractivity contribution >= 4 is 18.1 Å². The number of likely N-dealkylation sites (tertiary alicyclic amines) is 1. The van der Waals surface area contributed by atoms with Crippen molar-refractivity contribution in [3.05, 3.63) is 34.7 Å². The van der Waals surface area contributed by atoms with Crippen LogP contribution in [0.2, 0.25) is 0 Å². The molecular weight excluding hydrogens is 322 g/mol. The number of nitrogens with zero attached hydrogens (tertiary/aromatic N) is 2. The zero-order valence-corrected chi connectivity index (χ0v) is 14.9. The van der Waals surface area contributed by atoms with Gasteiger partial charge in [0.2, 0.25) is 5.89 Å². The zero-order valence-electron chi connectivity index (χ0n) is 14.1. The molecule has 5 nitrogen and oxygen atoms in total. The molecule has 1 amide bonds. The molecule has 0 aliphatic carbocycles. The van der Waals surface area contributed by atoms with Crippen LogP contribution in [-0.4, -0.2) is 33.6 Å². The molecule has 2 heterocycles. The van der Waals surface area contributed by atoms with Crippen molar-refractivity contribution < 1.29 is 9.21 Å². The Kier molecular flexibility index (Phi) is 5.14. The molecule has 1 N–H and O–H groups in total. The van der Waals surface area contributed by atoms with E-state index in [1.54, 1.807) is 0 Å². The van der Waals surface area contributed by atoms with E-state index in [0.717, 1.165) is 31.4 Å². The minimum Gasteiger partial charge on any atom is -0.409 e. The molecule has 6 heteroatoms. The number of aromatic nitrogens is 2. The molecule has 24 heavy (non-hydrogen) atoms. The summed E-state index contributed by atoms with van der Waals surface area (Å²) < 4.78 is 5.30. The fourth-order valence-electron chi connectivity index (χ4n) is 3.33. The van der Waals surface area contributed by atoms with Crippen molar-refractivity contribution in [1.29, 1.82) is 0 Å². The molecule has 1 atom stereocenters. The van der Waals surface area contributed by atoms with Crippen LogP contribution in [0.5, 0.6) is 0 Å². The number of rotatable bonds is 4. The second kappa shape index (κ2) is 7.30. The van der Waals surface area contributed by atoms with E-state index in [9.17, 15) is 4.79 Å². The van der Waals surface area contributed by atoms with Crippen molar-refractivity contribution in [1.82, 2.24) is 15.1 Å². The highest BCUT2D eigenvalue weighted by Crippen LogP contribution is 2.25. The van der Waals surface area contributed by atoms with Crippen LogP contribution < -0.4 is 0 Å². The molecule has 0 radical (unpaired) electrons. The number of nitrogens with one attached hydrogen (secondary N) is 1. The summed E-state index contributed by atoms with van der Waals surface area (Å²) in [5.74, 6) is 1.16. The second-order valence-corrected chi connectivity index (χ2v) is 7.14.